The van der Waals surface area contributed by atoms with Crippen LogP contribution in [0.2, 0.25) is 0 Å². The SMILES string of the molecule is CC(C)CCCC(=O)NCCCCNC(C)C. The van der Waals surface area contributed by atoms with Gasteiger partial charge in [0.2, 0.25) is 5.91 Å². The van der Waals surface area contributed by atoms with E-state index in [4.69, 9.17) is 0 Å². The molecule has 0 unspecified atom stereocenters. The van der Waals surface area contributed by atoms with Gasteiger partial charge >= 0.3 is 0 Å². The highest BCUT2D eigenvalue weighted by Crippen LogP contribution is 2.05. The average Bonchev–Trinajstić information content (AvgIpc) is 2.22. The van der Waals surface area contributed by atoms with Gasteiger partial charge in [0.1, 0.15) is 0 Å². The van der Waals surface area contributed by atoms with Crippen LogP contribution in [0, 0.1) is 5.92 Å². The minimum Gasteiger partial charge on any atom is -0.356 e. The van der Waals surface area contributed by atoms with Crippen LogP contribution in [0.15, 0.2) is 0 Å². The van der Waals surface area contributed by atoms with Gasteiger partial charge in [-0.05, 0) is 31.7 Å². The Hall–Kier alpha value is -0.570. The van der Waals surface area contributed by atoms with Crippen molar-refractivity contribution >= 4 is 5.91 Å². The Morgan fingerprint density at radius 1 is 1.00 bits per heavy atom. The van der Waals surface area contributed by atoms with Crippen molar-refractivity contribution in [2.45, 2.75) is 65.8 Å². The number of carbonyl (C=O) groups excluding carboxylic acids is 1. The zero-order chi connectivity index (χ0) is 13.1. The number of unbranched alkanes of at least 4 members (excludes halogenated alkanes) is 1. The summed E-state index contributed by atoms with van der Waals surface area (Å²) in [5.74, 6) is 0.910. The van der Waals surface area contributed by atoms with Crippen LogP contribution in [0.4, 0.5) is 0 Å². The number of amides is 1. The van der Waals surface area contributed by atoms with E-state index >= 15 is 0 Å². The normalized spacial score (nSPS) is 11.2. The number of carbonyl (C=O) groups is 1. The second kappa shape index (κ2) is 10.6. The second-order valence-electron chi connectivity index (χ2n) is 5.45. The average molecular weight is 242 g/mol. The fraction of sp³-hybridized carbons (Fsp3) is 0.929. The molecule has 0 saturated carbocycles. The molecule has 1 amide bonds. The van der Waals surface area contributed by atoms with E-state index in [1.807, 2.05) is 0 Å². The van der Waals surface area contributed by atoms with Gasteiger partial charge in [0.25, 0.3) is 0 Å². The number of hydrogen-bond donors (Lipinski definition) is 2. The molecule has 0 aromatic rings. The highest BCUT2D eigenvalue weighted by Gasteiger charge is 2.01. The van der Waals surface area contributed by atoms with Crippen LogP contribution in [0.25, 0.3) is 0 Å². The third-order valence-corrected chi connectivity index (χ3v) is 2.66. The fourth-order valence-corrected chi connectivity index (χ4v) is 1.63. The monoisotopic (exact) mass is 242 g/mol. The van der Waals surface area contributed by atoms with Crippen molar-refractivity contribution in [3.63, 3.8) is 0 Å². The molecule has 0 spiro atoms. The van der Waals surface area contributed by atoms with E-state index in [0.717, 1.165) is 38.8 Å². The number of rotatable bonds is 10. The van der Waals surface area contributed by atoms with Crippen LogP contribution < -0.4 is 10.6 Å². The van der Waals surface area contributed by atoms with E-state index in [1.54, 1.807) is 0 Å². The van der Waals surface area contributed by atoms with Crippen LogP contribution in [0.3, 0.4) is 0 Å². The van der Waals surface area contributed by atoms with Gasteiger partial charge in [-0.2, -0.15) is 0 Å². The minimum absolute atomic E-state index is 0.211. The Labute approximate surface area is 107 Å². The van der Waals surface area contributed by atoms with Crippen molar-refractivity contribution < 1.29 is 4.79 Å². The van der Waals surface area contributed by atoms with Crippen molar-refractivity contribution in [2.75, 3.05) is 13.1 Å². The first-order valence-electron chi connectivity index (χ1n) is 7.02. The van der Waals surface area contributed by atoms with Gasteiger partial charge < -0.3 is 10.6 Å². The quantitative estimate of drug-likeness (QED) is 0.578. The van der Waals surface area contributed by atoms with Crippen molar-refractivity contribution in [3.05, 3.63) is 0 Å². The zero-order valence-corrected chi connectivity index (χ0v) is 12.0. The Balaban J connectivity index is 3.22. The molecule has 0 atom stereocenters. The smallest absolute Gasteiger partial charge is 0.219 e. The molecule has 0 rings (SSSR count). The molecule has 0 aliphatic carbocycles. The first-order valence-corrected chi connectivity index (χ1v) is 7.02. The first-order chi connectivity index (χ1) is 8.02. The van der Waals surface area contributed by atoms with E-state index in [-0.39, 0.29) is 5.91 Å². The van der Waals surface area contributed by atoms with E-state index in [1.165, 1.54) is 0 Å². The maximum atomic E-state index is 11.4. The summed E-state index contributed by atoms with van der Waals surface area (Å²) in [6, 6.07) is 0.556. The van der Waals surface area contributed by atoms with Crippen molar-refractivity contribution in [3.8, 4) is 0 Å². The van der Waals surface area contributed by atoms with Gasteiger partial charge in [0.15, 0.2) is 0 Å². The molecule has 2 N–H and O–H groups in total. The molecular formula is C14H30N2O. The van der Waals surface area contributed by atoms with Gasteiger partial charge in [-0.25, -0.2) is 0 Å². The second-order valence-corrected chi connectivity index (χ2v) is 5.45. The van der Waals surface area contributed by atoms with Crippen molar-refractivity contribution in [1.82, 2.24) is 10.6 Å². The summed E-state index contributed by atoms with van der Waals surface area (Å²) in [5, 5.41) is 6.35. The van der Waals surface area contributed by atoms with E-state index in [0.29, 0.717) is 18.4 Å². The van der Waals surface area contributed by atoms with Gasteiger partial charge in [0.05, 0.1) is 0 Å². The van der Waals surface area contributed by atoms with E-state index < -0.39 is 0 Å². The summed E-state index contributed by atoms with van der Waals surface area (Å²) in [4.78, 5) is 11.4. The van der Waals surface area contributed by atoms with Crippen LogP contribution in [-0.2, 0) is 4.79 Å². The Morgan fingerprint density at radius 2 is 1.65 bits per heavy atom. The molecule has 3 nitrogen and oxygen atoms in total. The standard InChI is InChI=1S/C14H30N2O/c1-12(2)8-7-9-14(17)16-11-6-5-10-15-13(3)4/h12-13,15H,5-11H2,1-4H3,(H,16,17). The highest BCUT2D eigenvalue weighted by atomic mass is 16.1. The Bertz CT molecular complexity index is 191. The lowest BCUT2D eigenvalue weighted by Gasteiger charge is -2.08. The lowest BCUT2D eigenvalue weighted by atomic mass is 10.1. The Morgan fingerprint density at radius 3 is 2.24 bits per heavy atom. The topological polar surface area (TPSA) is 41.1 Å². The molecule has 3 heteroatoms. The molecule has 0 aliphatic heterocycles. The summed E-state index contributed by atoms with van der Waals surface area (Å²) in [7, 11) is 0. The molecule has 17 heavy (non-hydrogen) atoms. The molecular weight excluding hydrogens is 212 g/mol. The molecule has 0 bridgehead atoms. The number of hydrogen-bond acceptors (Lipinski definition) is 2. The minimum atomic E-state index is 0.211. The van der Waals surface area contributed by atoms with Crippen LogP contribution in [-0.4, -0.2) is 25.0 Å². The highest BCUT2D eigenvalue weighted by molar-refractivity contribution is 5.75. The predicted molar refractivity (Wildman–Crippen MR) is 74.1 cm³/mol. The molecule has 0 saturated heterocycles. The van der Waals surface area contributed by atoms with Crippen LogP contribution in [0.1, 0.15) is 59.8 Å². The van der Waals surface area contributed by atoms with Crippen LogP contribution >= 0.6 is 0 Å². The third kappa shape index (κ3) is 13.4. The van der Waals surface area contributed by atoms with E-state index in [9.17, 15) is 4.79 Å². The Kier molecular flexibility index (Phi) is 10.2. The van der Waals surface area contributed by atoms with Crippen molar-refractivity contribution in [2.24, 2.45) is 5.92 Å². The molecule has 0 fully saturated rings. The van der Waals surface area contributed by atoms with E-state index in [2.05, 4.69) is 38.3 Å². The van der Waals surface area contributed by atoms with Gasteiger partial charge in [-0.1, -0.05) is 34.1 Å². The largest absolute Gasteiger partial charge is 0.356 e. The molecule has 102 valence electrons. The molecule has 0 aromatic carbocycles. The van der Waals surface area contributed by atoms with Gasteiger partial charge in [-0.3, -0.25) is 4.79 Å². The fourth-order valence-electron chi connectivity index (χ4n) is 1.63. The summed E-state index contributed by atoms with van der Waals surface area (Å²) in [6.07, 6.45) is 5.03. The summed E-state index contributed by atoms with van der Waals surface area (Å²) >= 11 is 0. The maximum Gasteiger partial charge on any atom is 0.219 e. The summed E-state index contributed by atoms with van der Waals surface area (Å²) in [5.41, 5.74) is 0. The summed E-state index contributed by atoms with van der Waals surface area (Å²) < 4.78 is 0. The predicted octanol–water partition coefficient (Wildman–Crippen LogP) is 2.71. The maximum absolute atomic E-state index is 11.4. The number of nitrogens with one attached hydrogen (secondary N) is 2. The first kappa shape index (κ1) is 16.4. The molecule has 0 aromatic heterocycles. The summed E-state index contributed by atoms with van der Waals surface area (Å²) in [6.45, 7) is 10.5. The molecule has 0 aliphatic rings. The van der Waals surface area contributed by atoms with Crippen LogP contribution in [0.5, 0.6) is 0 Å². The molecule has 0 radical (unpaired) electrons. The van der Waals surface area contributed by atoms with Gasteiger partial charge in [0, 0.05) is 19.0 Å². The third-order valence-electron chi connectivity index (χ3n) is 2.66. The lowest BCUT2D eigenvalue weighted by molar-refractivity contribution is -0.121. The zero-order valence-electron chi connectivity index (χ0n) is 12.0. The van der Waals surface area contributed by atoms with Crippen molar-refractivity contribution in [1.29, 1.82) is 0 Å². The van der Waals surface area contributed by atoms with Gasteiger partial charge in [-0.15, -0.1) is 0 Å². The molecule has 0 heterocycles. The lowest BCUT2D eigenvalue weighted by Crippen LogP contribution is -2.27.